The van der Waals surface area contributed by atoms with E-state index >= 15 is 0 Å². The lowest BCUT2D eigenvalue weighted by Gasteiger charge is -2.26. The summed E-state index contributed by atoms with van der Waals surface area (Å²) >= 11 is 0. The maximum atomic E-state index is 14.4. The maximum Gasteiger partial charge on any atom is 0.233 e. The first kappa shape index (κ1) is 18.5. The van der Waals surface area contributed by atoms with Gasteiger partial charge < -0.3 is 14.8 Å². The van der Waals surface area contributed by atoms with Crippen molar-refractivity contribution in [3.8, 4) is 17.2 Å². The average Bonchev–Trinajstić information content (AvgIpc) is 3.14. The van der Waals surface area contributed by atoms with Gasteiger partial charge in [-0.3, -0.25) is 0 Å². The summed E-state index contributed by atoms with van der Waals surface area (Å²) in [5.74, 6) is -0.614. The second kappa shape index (κ2) is 8.05. The van der Waals surface area contributed by atoms with Gasteiger partial charge in [0.05, 0.1) is 18.3 Å². The van der Waals surface area contributed by atoms with Crippen LogP contribution in [0.25, 0.3) is 11.1 Å². The van der Waals surface area contributed by atoms with Crippen LogP contribution in [-0.4, -0.2) is 38.5 Å². The number of benzene rings is 2. The lowest BCUT2D eigenvalue weighted by Crippen LogP contribution is -2.39. The van der Waals surface area contributed by atoms with E-state index in [-0.39, 0.29) is 11.7 Å². The van der Waals surface area contributed by atoms with E-state index in [4.69, 9.17) is 14.7 Å². The van der Waals surface area contributed by atoms with Crippen molar-refractivity contribution in [1.29, 1.82) is 5.26 Å². The number of nitrogens with one attached hydrogen (secondary N) is 1. The van der Waals surface area contributed by atoms with E-state index in [1.54, 1.807) is 12.1 Å². The maximum absolute atomic E-state index is 14.4. The Bertz CT molecular complexity index is 936. The Morgan fingerprint density at radius 3 is 2.86 bits per heavy atom. The van der Waals surface area contributed by atoms with Crippen LogP contribution in [0, 0.1) is 17.1 Å². The topological polar surface area (TPSA) is 66.6 Å². The van der Waals surface area contributed by atoms with Gasteiger partial charge in [0.15, 0.2) is 12.5 Å². The summed E-state index contributed by atoms with van der Waals surface area (Å²) < 4.78 is 39.9. The van der Waals surface area contributed by atoms with Crippen molar-refractivity contribution < 1.29 is 18.3 Å². The van der Waals surface area contributed by atoms with Crippen LogP contribution in [0.3, 0.4) is 0 Å². The fourth-order valence-corrected chi connectivity index (χ4v) is 3.66. The molecule has 0 spiro atoms. The first-order valence-electron chi connectivity index (χ1n) is 9.12. The molecule has 3 atom stereocenters. The molecule has 2 aliphatic rings. The molecule has 0 amide bonds. The fourth-order valence-electron chi connectivity index (χ4n) is 3.66. The molecule has 3 unspecified atom stereocenters. The summed E-state index contributed by atoms with van der Waals surface area (Å²) in [6, 6.07) is 11.7. The molecule has 0 radical (unpaired) electrons. The SMILES string of the molecule is N#Cc1ccc(-c2cccc(CC3CNCCO3)c2C2OC=NC2F)cc1F. The minimum Gasteiger partial charge on any atom is -0.470 e. The number of aliphatic imine (C=N–C) groups is 1. The summed E-state index contributed by atoms with van der Waals surface area (Å²) in [5, 5.41) is 12.3. The quantitative estimate of drug-likeness (QED) is 0.823. The summed E-state index contributed by atoms with van der Waals surface area (Å²) in [4.78, 5) is 3.69. The minimum absolute atomic E-state index is 0.0352. The highest BCUT2D eigenvalue weighted by molar-refractivity contribution is 5.71. The second-order valence-electron chi connectivity index (χ2n) is 6.77. The number of hydrogen-bond acceptors (Lipinski definition) is 5. The Morgan fingerprint density at radius 2 is 2.18 bits per heavy atom. The molecular formula is C21H19F2N3O2. The van der Waals surface area contributed by atoms with E-state index < -0.39 is 18.2 Å². The monoisotopic (exact) mass is 383 g/mol. The molecule has 144 valence electrons. The van der Waals surface area contributed by atoms with Crippen molar-refractivity contribution in [3.63, 3.8) is 0 Å². The third-order valence-electron chi connectivity index (χ3n) is 4.99. The van der Waals surface area contributed by atoms with Gasteiger partial charge in [0, 0.05) is 25.1 Å². The number of morpholine rings is 1. The average molecular weight is 383 g/mol. The molecule has 1 saturated heterocycles. The predicted octanol–water partition coefficient (Wildman–Crippen LogP) is 3.29. The van der Waals surface area contributed by atoms with Crippen molar-refractivity contribution in [2.24, 2.45) is 4.99 Å². The van der Waals surface area contributed by atoms with Gasteiger partial charge in [-0.2, -0.15) is 5.26 Å². The number of nitriles is 1. The smallest absolute Gasteiger partial charge is 0.233 e. The third kappa shape index (κ3) is 3.61. The Hall–Kier alpha value is -2.82. The molecule has 5 nitrogen and oxygen atoms in total. The number of ether oxygens (including phenoxy) is 2. The molecule has 2 aromatic rings. The highest BCUT2D eigenvalue weighted by Gasteiger charge is 2.32. The number of hydrogen-bond donors (Lipinski definition) is 1. The highest BCUT2D eigenvalue weighted by atomic mass is 19.1. The van der Waals surface area contributed by atoms with Crippen LogP contribution in [-0.2, 0) is 15.9 Å². The Kier molecular flexibility index (Phi) is 5.33. The van der Waals surface area contributed by atoms with E-state index in [1.807, 2.05) is 18.2 Å². The number of halogens is 2. The molecule has 0 saturated carbocycles. The molecule has 4 rings (SSSR count). The van der Waals surface area contributed by atoms with E-state index in [9.17, 15) is 8.78 Å². The van der Waals surface area contributed by atoms with Crippen LogP contribution in [0.15, 0.2) is 41.4 Å². The summed E-state index contributed by atoms with van der Waals surface area (Å²) in [6.45, 7) is 2.13. The molecule has 2 aromatic carbocycles. The number of nitrogens with zero attached hydrogens (tertiary/aromatic N) is 2. The van der Waals surface area contributed by atoms with Crippen molar-refractivity contribution >= 4 is 6.40 Å². The van der Waals surface area contributed by atoms with Crippen LogP contribution in [0.5, 0.6) is 0 Å². The van der Waals surface area contributed by atoms with Gasteiger partial charge in [0.1, 0.15) is 11.9 Å². The summed E-state index contributed by atoms with van der Waals surface area (Å²) in [6.07, 6.45) is -0.786. The summed E-state index contributed by atoms with van der Waals surface area (Å²) in [7, 11) is 0. The van der Waals surface area contributed by atoms with E-state index in [0.717, 1.165) is 18.5 Å². The fraction of sp³-hybridized carbons (Fsp3) is 0.333. The zero-order valence-corrected chi connectivity index (χ0v) is 15.1. The van der Waals surface area contributed by atoms with Crippen molar-refractivity contribution in [2.75, 3.05) is 19.7 Å². The van der Waals surface area contributed by atoms with Gasteiger partial charge in [-0.1, -0.05) is 24.3 Å². The molecular weight excluding hydrogens is 364 g/mol. The molecule has 2 aliphatic heterocycles. The molecule has 28 heavy (non-hydrogen) atoms. The van der Waals surface area contributed by atoms with Gasteiger partial charge in [-0.05, 0) is 28.8 Å². The third-order valence-corrected chi connectivity index (χ3v) is 4.99. The van der Waals surface area contributed by atoms with Gasteiger partial charge in [-0.15, -0.1) is 0 Å². The number of rotatable bonds is 4. The normalized spacial score (nSPS) is 24.0. The molecule has 0 aliphatic carbocycles. The van der Waals surface area contributed by atoms with Crippen molar-refractivity contribution in [2.45, 2.75) is 24.9 Å². The van der Waals surface area contributed by atoms with Crippen molar-refractivity contribution in [1.82, 2.24) is 5.32 Å². The highest BCUT2D eigenvalue weighted by Crippen LogP contribution is 2.38. The predicted molar refractivity (Wildman–Crippen MR) is 100 cm³/mol. The van der Waals surface area contributed by atoms with E-state index in [0.29, 0.717) is 36.3 Å². The van der Waals surface area contributed by atoms with Crippen LogP contribution < -0.4 is 5.32 Å². The zero-order chi connectivity index (χ0) is 19.5. The van der Waals surface area contributed by atoms with Crippen molar-refractivity contribution in [3.05, 3.63) is 58.9 Å². The summed E-state index contributed by atoms with van der Waals surface area (Å²) in [5.41, 5.74) is 2.67. The largest absolute Gasteiger partial charge is 0.470 e. The standard InChI is InChI=1S/C21H19F2N3O2/c22-18-9-13(4-5-15(18)10-24)17-3-1-2-14(8-16-11-25-6-7-27-16)19(17)20-21(23)26-12-28-20/h1-5,9,12,16,20-21,25H,6-8,11H2. The molecule has 1 N–H and O–H groups in total. The van der Waals surface area contributed by atoms with Gasteiger partial charge in [-0.25, -0.2) is 13.8 Å². The van der Waals surface area contributed by atoms with Crippen LogP contribution in [0.4, 0.5) is 8.78 Å². The first-order chi connectivity index (χ1) is 13.7. The van der Waals surface area contributed by atoms with Crippen LogP contribution in [0.1, 0.15) is 22.8 Å². The zero-order valence-electron chi connectivity index (χ0n) is 15.1. The minimum atomic E-state index is -1.53. The van der Waals surface area contributed by atoms with E-state index in [2.05, 4.69) is 10.3 Å². The Balaban J connectivity index is 1.78. The lowest BCUT2D eigenvalue weighted by molar-refractivity contribution is 0.0286. The van der Waals surface area contributed by atoms with E-state index in [1.165, 1.54) is 12.1 Å². The van der Waals surface area contributed by atoms with Crippen LogP contribution >= 0.6 is 0 Å². The first-order valence-corrected chi connectivity index (χ1v) is 9.12. The van der Waals surface area contributed by atoms with Crippen LogP contribution in [0.2, 0.25) is 0 Å². The molecule has 2 heterocycles. The molecule has 7 heteroatoms. The van der Waals surface area contributed by atoms with Gasteiger partial charge >= 0.3 is 0 Å². The Labute approximate surface area is 161 Å². The molecule has 0 bridgehead atoms. The van der Waals surface area contributed by atoms with Gasteiger partial charge in [0.25, 0.3) is 0 Å². The molecule has 0 aromatic heterocycles. The number of alkyl halides is 1. The second-order valence-corrected chi connectivity index (χ2v) is 6.77. The Morgan fingerprint density at radius 1 is 1.29 bits per heavy atom. The molecule has 1 fully saturated rings. The van der Waals surface area contributed by atoms with Gasteiger partial charge in [0.2, 0.25) is 6.30 Å². The lowest BCUT2D eigenvalue weighted by atomic mass is 9.88.